The van der Waals surface area contributed by atoms with Crippen LogP contribution in [0, 0.1) is 11.3 Å². The zero-order valence-electron chi connectivity index (χ0n) is 28.9. The van der Waals surface area contributed by atoms with Crippen LogP contribution in [0.15, 0.2) is 164 Å². The number of hydrogen-bond acceptors (Lipinski definition) is 2. The van der Waals surface area contributed by atoms with E-state index in [9.17, 15) is 5.26 Å². The molecule has 0 aliphatic heterocycles. The molecule has 0 spiro atoms. The van der Waals surface area contributed by atoms with Gasteiger partial charge in [-0.25, -0.2) is 4.98 Å². The molecule has 3 nitrogen and oxygen atoms in total. The van der Waals surface area contributed by atoms with Gasteiger partial charge in [0.05, 0.1) is 33.9 Å². The molecule has 1 aliphatic rings. The van der Waals surface area contributed by atoms with E-state index in [1.807, 2.05) is 24.3 Å². The van der Waals surface area contributed by atoms with Crippen molar-refractivity contribution in [3.63, 3.8) is 0 Å². The first-order valence-corrected chi connectivity index (χ1v) is 17.8. The van der Waals surface area contributed by atoms with Gasteiger partial charge in [0.15, 0.2) is 0 Å². The summed E-state index contributed by atoms with van der Waals surface area (Å²) in [5, 5.41) is 13.5. The van der Waals surface area contributed by atoms with Crippen molar-refractivity contribution in [3.8, 4) is 56.4 Å². The summed E-state index contributed by atoms with van der Waals surface area (Å²) in [5.41, 5.74) is 16.4. The van der Waals surface area contributed by atoms with Crippen molar-refractivity contribution in [3.05, 3.63) is 180 Å². The maximum absolute atomic E-state index is 9.89. The van der Waals surface area contributed by atoms with Crippen molar-refractivity contribution in [2.75, 3.05) is 0 Å². The molecule has 0 amide bonds. The van der Waals surface area contributed by atoms with Crippen LogP contribution in [0.5, 0.6) is 0 Å². The van der Waals surface area contributed by atoms with Crippen LogP contribution in [0.1, 0.15) is 30.5 Å². The van der Waals surface area contributed by atoms with E-state index in [0.29, 0.717) is 5.56 Å². The van der Waals surface area contributed by atoms with Crippen LogP contribution in [0.3, 0.4) is 0 Å². The van der Waals surface area contributed by atoms with E-state index in [-0.39, 0.29) is 5.41 Å². The number of nitriles is 1. The monoisotopic (exact) mass is 663 g/mol. The Morgan fingerprint density at radius 1 is 0.538 bits per heavy atom. The number of aromatic nitrogens is 2. The highest BCUT2D eigenvalue weighted by molar-refractivity contribution is 6.13. The van der Waals surface area contributed by atoms with Crippen LogP contribution in [-0.4, -0.2) is 9.55 Å². The van der Waals surface area contributed by atoms with Gasteiger partial charge in [0, 0.05) is 32.8 Å². The average molecular weight is 664 g/mol. The first-order valence-electron chi connectivity index (χ1n) is 17.8. The van der Waals surface area contributed by atoms with Gasteiger partial charge in [-0.15, -0.1) is 0 Å². The molecule has 0 bridgehead atoms. The Balaban J connectivity index is 1.33. The van der Waals surface area contributed by atoms with Crippen LogP contribution < -0.4 is 0 Å². The normalized spacial score (nSPS) is 12.9. The molecule has 0 atom stereocenters. The molecular weight excluding hydrogens is 631 g/mol. The summed E-state index contributed by atoms with van der Waals surface area (Å²) >= 11 is 0. The first kappa shape index (κ1) is 30.1. The molecule has 0 saturated heterocycles. The Labute approximate surface area is 302 Å². The molecule has 2 heterocycles. The molecule has 0 unspecified atom stereocenters. The summed E-state index contributed by atoms with van der Waals surface area (Å²) in [5.74, 6) is 0. The second kappa shape index (κ2) is 11.4. The molecule has 0 N–H and O–H groups in total. The van der Waals surface area contributed by atoms with Crippen LogP contribution >= 0.6 is 0 Å². The quantitative estimate of drug-likeness (QED) is 0.188. The molecule has 244 valence electrons. The Bertz CT molecular complexity index is 2940. The number of fused-ring (bicyclic) bond motifs is 8. The fourth-order valence-corrected chi connectivity index (χ4v) is 8.58. The van der Waals surface area contributed by atoms with Crippen molar-refractivity contribution in [1.29, 1.82) is 5.26 Å². The van der Waals surface area contributed by atoms with Gasteiger partial charge in [-0.1, -0.05) is 129 Å². The minimum absolute atomic E-state index is 0.203. The predicted octanol–water partition coefficient (Wildman–Crippen LogP) is 12.5. The van der Waals surface area contributed by atoms with Gasteiger partial charge >= 0.3 is 0 Å². The van der Waals surface area contributed by atoms with E-state index in [0.717, 1.165) is 55.6 Å². The fraction of sp³-hybridized carbons (Fsp3) is 0.0612. The second-order valence-corrected chi connectivity index (χ2v) is 14.3. The Morgan fingerprint density at radius 2 is 1.27 bits per heavy atom. The second-order valence-electron chi connectivity index (χ2n) is 14.3. The van der Waals surface area contributed by atoms with Crippen molar-refractivity contribution in [1.82, 2.24) is 9.55 Å². The summed E-state index contributed by atoms with van der Waals surface area (Å²) in [7, 11) is 0. The minimum atomic E-state index is -0.203. The first-order chi connectivity index (χ1) is 25.5. The largest absolute Gasteiger partial charge is 0.309 e. The van der Waals surface area contributed by atoms with Crippen LogP contribution in [0.4, 0.5) is 0 Å². The summed E-state index contributed by atoms with van der Waals surface area (Å²) < 4.78 is 2.49. The molecule has 2 aromatic heterocycles. The zero-order valence-corrected chi connectivity index (χ0v) is 28.9. The molecule has 52 heavy (non-hydrogen) atoms. The lowest BCUT2D eigenvalue weighted by Crippen LogP contribution is -2.16. The number of hydrogen-bond donors (Lipinski definition) is 0. The van der Waals surface area contributed by atoms with E-state index in [2.05, 4.69) is 164 Å². The van der Waals surface area contributed by atoms with Crippen molar-refractivity contribution in [2.24, 2.45) is 0 Å². The number of pyridine rings is 1. The van der Waals surface area contributed by atoms with Crippen molar-refractivity contribution < 1.29 is 0 Å². The highest BCUT2D eigenvalue weighted by Gasteiger charge is 2.38. The lowest BCUT2D eigenvalue weighted by atomic mass is 9.81. The third-order valence-electron chi connectivity index (χ3n) is 10.9. The summed E-state index contributed by atoms with van der Waals surface area (Å²) in [4.78, 5) is 5.12. The molecule has 7 aromatic carbocycles. The van der Waals surface area contributed by atoms with E-state index in [1.54, 1.807) is 0 Å². The minimum Gasteiger partial charge on any atom is -0.309 e. The molecule has 9 aromatic rings. The summed E-state index contributed by atoms with van der Waals surface area (Å²) in [6.07, 6.45) is 0. The predicted molar refractivity (Wildman–Crippen MR) is 215 cm³/mol. The average Bonchev–Trinajstić information content (AvgIpc) is 3.66. The summed E-state index contributed by atoms with van der Waals surface area (Å²) in [6, 6.07) is 60.5. The topological polar surface area (TPSA) is 41.6 Å². The van der Waals surface area contributed by atoms with Gasteiger partial charge < -0.3 is 4.57 Å². The van der Waals surface area contributed by atoms with E-state index < -0.39 is 0 Å². The smallest absolute Gasteiger partial charge is 0.0991 e. The highest BCUT2D eigenvalue weighted by Crippen LogP contribution is 2.53. The SMILES string of the molecule is CC1(C)c2ccccc2-c2ccc3c4ccccc4n(-c4cc(-c5cccc(C#N)c5)cc(-c5cc(-c6ccccc6)nc6ccccc56)c4)c3c21. The number of nitrogens with zero attached hydrogens (tertiary/aromatic N) is 3. The maximum Gasteiger partial charge on any atom is 0.0991 e. The van der Waals surface area contributed by atoms with E-state index >= 15 is 0 Å². The van der Waals surface area contributed by atoms with Crippen LogP contribution in [-0.2, 0) is 5.41 Å². The van der Waals surface area contributed by atoms with Crippen LogP contribution in [0.25, 0.3) is 83.0 Å². The maximum atomic E-state index is 9.89. The van der Waals surface area contributed by atoms with Crippen LogP contribution in [0.2, 0.25) is 0 Å². The number of benzene rings is 7. The fourth-order valence-electron chi connectivity index (χ4n) is 8.58. The highest BCUT2D eigenvalue weighted by atomic mass is 15.0. The van der Waals surface area contributed by atoms with Gasteiger partial charge in [0.25, 0.3) is 0 Å². The third kappa shape index (κ3) is 4.48. The lowest BCUT2D eigenvalue weighted by molar-refractivity contribution is 0.664. The molecule has 0 saturated carbocycles. The zero-order chi connectivity index (χ0) is 35.0. The van der Waals surface area contributed by atoms with Crippen molar-refractivity contribution >= 4 is 32.7 Å². The Hall–Kier alpha value is -6.76. The number of para-hydroxylation sites is 2. The third-order valence-corrected chi connectivity index (χ3v) is 10.9. The Kier molecular flexibility index (Phi) is 6.59. The summed E-state index contributed by atoms with van der Waals surface area (Å²) in [6.45, 7) is 4.73. The van der Waals surface area contributed by atoms with Gasteiger partial charge in [-0.2, -0.15) is 5.26 Å². The Morgan fingerprint density at radius 3 is 2.13 bits per heavy atom. The van der Waals surface area contributed by atoms with E-state index in [1.165, 1.54) is 38.5 Å². The molecular formula is C49H33N3. The molecule has 3 heteroatoms. The lowest BCUT2D eigenvalue weighted by Gasteiger charge is -2.24. The number of rotatable bonds is 4. The van der Waals surface area contributed by atoms with Gasteiger partial charge in [0.1, 0.15) is 0 Å². The van der Waals surface area contributed by atoms with Gasteiger partial charge in [-0.05, 0) is 93.0 Å². The molecule has 1 aliphatic carbocycles. The molecule has 0 fully saturated rings. The van der Waals surface area contributed by atoms with Crippen molar-refractivity contribution in [2.45, 2.75) is 19.3 Å². The standard InChI is InChI=1S/C49H33N3/c1-49(2)43-20-9-6-17-37(43)40-23-24-41-39-19-8-11-22-46(39)52(48(41)47(40)49)36-27-34(33-16-12-13-31(25-33)30-50)26-35(28-36)42-29-45(32-14-4-3-5-15-32)51-44-21-10-7-18-38(42)44/h3-29H,1-2H3. The van der Waals surface area contributed by atoms with Gasteiger partial charge in [0.2, 0.25) is 0 Å². The molecule has 10 rings (SSSR count). The van der Waals surface area contributed by atoms with E-state index in [4.69, 9.17) is 4.98 Å². The molecule has 0 radical (unpaired) electrons. The van der Waals surface area contributed by atoms with Gasteiger partial charge in [-0.3, -0.25) is 0 Å².